The Labute approximate surface area is 214 Å². The standard InChI is InChI=1S/C24H37N5O3.HI/c1-16-18(3)32-23(27-16)15-29-11-9-19(10-12-29)14-26-24(25-4)28-17(2)21-13-20(30-5)7-8-22(21)31-6;/h7-8,13,17,19H,9-12,14-15H2,1-6H3,(H2,25,26,28);1H. The number of benzene rings is 1. The van der Waals surface area contributed by atoms with Crippen molar-refractivity contribution < 1.29 is 13.9 Å². The van der Waals surface area contributed by atoms with Gasteiger partial charge in [-0.15, -0.1) is 24.0 Å². The van der Waals surface area contributed by atoms with E-state index in [1.807, 2.05) is 32.0 Å². The first-order chi connectivity index (χ1) is 15.4. The molecule has 8 nitrogen and oxygen atoms in total. The zero-order valence-corrected chi connectivity index (χ0v) is 22.9. The first kappa shape index (κ1) is 27.2. The summed E-state index contributed by atoms with van der Waals surface area (Å²) in [7, 11) is 5.15. The van der Waals surface area contributed by atoms with E-state index in [1.165, 1.54) is 0 Å². The normalized spacial score (nSPS) is 16.1. The molecular weight excluding hydrogens is 533 g/mol. The van der Waals surface area contributed by atoms with Gasteiger partial charge in [0.15, 0.2) is 5.96 Å². The van der Waals surface area contributed by atoms with Crippen molar-refractivity contribution in [2.45, 2.75) is 46.2 Å². The monoisotopic (exact) mass is 571 g/mol. The van der Waals surface area contributed by atoms with Crippen LogP contribution in [0.15, 0.2) is 27.6 Å². The number of aliphatic imine (C=N–C) groups is 1. The number of ether oxygens (including phenoxy) is 2. The minimum absolute atomic E-state index is 0. The highest BCUT2D eigenvalue weighted by atomic mass is 127. The molecule has 1 aliphatic rings. The molecule has 2 heterocycles. The number of hydrogen-bond acceptors (Lipinski definition) is 6. The van der Waals surface area contributed by atoms with Crippen LogP contribution in [0.1, 0.15) is 48.7 Å². The molecule has 3 rings (SSSR count). The van der Waals surface area contributed by atoms with Gasteiger partial charge in [0.1, 0.15) is 17.3 Å². The fourth-order valence-electron chi connectivity index (χ4n) is 4.04. The topological polar surface area (TPSA) is 84.2 Å². The Bertz CT molecular complexity index is 890. The lowest BCUT2D eigenvalue weighted by Crippen LogP contribution is -2.43. The smallest absolute Gasteiger partial charge is 0.208 e. The van der Waals surface area contributed by atoms with Crippen LogP contribution in [0.25, 0.3) is 0 Å². The van der Waals surface area contributed by atoms with E-state index in [4.69, 9.17) is 13.9 Å². The summed E-state index contributed by atoms with van der Waals surface area (Å²) in [6.45, 7) is 9.84. The van der Waals surface area contributed by atoms with Crippen LogP contribution in [-0.4, -0.2) is 56.7 Å². The lowest BCUT2D eigenvalue weighted by atomic mass is 9.97. The van der Waals surface area contributed by atoms with E-state index in [1.54, 1.807) is 21.3 Å². The van der Waals surface area contributed by atoms with Crippen LogP contribution in [0.3, 0.4) is 0 Å². The van der Waals surface area contributed by atoms with E-state index in [0.717, 1.165) is 79.4 Å². The third-order valence-electron chi connectivity index (χ3n) is 6.18. The van der Waals surface area contributed by atoms with Gasteiger partial charge >= 0.3 is 0 Å². The largest absolute Gasteiger partial charge is 0.497 e. The number of aromatic nitrogens is 1. The van der Waals surface area contributed by atoms with E-state index in [0.29, 0.717) is 5.92 Å². The molecule has 0 saturated carbocycles. The number of aryl methyl sites for hydroxylation is 2. The molecule has 0 aliphatic carbocycles. The molecule has 1 fully saturated rings. The maximum atomic E-state index is 5.74. The summed E-state index contributed by atoms with van der Waals surface area (Å²) in [4.78, 5) is 11.3. The van der Waals surface area contributed by atoms with Gasteiger partial charge in [0.25, 0.3) is 0 Å². The van der Waals surface area contributed by atoms with Crippen LogP contribution in [0.4, 0.5) is 0 Å². The highest BCUT2D eigenvalue weighted by molar-refractivity contribution is 14.0. The number of oxazole rings is 1. The highest BCUT2D eigenvalue weighted by Crippen LogP contribution is 2.29. The third kappa shape index (κ3) is 7.49. The maximum absolute atomic E-state index is 5.74. The molecule has 184 valence electrons. The quantitative estimate of drug-likeness (QED) is 0.281. The molecule has 33 heavy (non-hydrogen) atoms. The molecule has 1 aliphatic heterocycles. The van der Waals surface area contributed by atoms with Crippen molar-refractivity contribution in [2.24, 2.45) is 10.9 Å². The minimum Gasteiger partial charge on any atom is -0.497 e. The van der Waals surface area contributed by atoms with Gasteiger partial charge in [0, 0.05) is 19.2 Å². The van der Waals surface area contributed by atoms with Gasteiger partial charge in [-0.1, -0.05) is 0 Å². The van der Waals surface area contributed by atoms with Crippen molar-refractivity contribution in [3.8, 4) is 11.5 Å². The van der Waals surface area contributed by atoms with E-state index >= 15 is 0 Å². The molecular formula is C24H38IN5O3. The summed E-state index contributed by atoms with van der Waals surface area (Å²) < 4.78 is 16.6. The molecule has 0 spiro atoms. The van der Waals surface area contributed by atoms with Crippen LogP contribution in [0.5, 0.6) is 11.5 Å². The summed E-state index contributed by atoms with van der Waals surface area (Å²) in [6.07, 6.45) is 2.28. The number of halogens is 1. The minimum atomic E-state index is 0. The van der Waals surface area contributed by atoms with Gasteiger partial charge < -0.3 is 24.5 Å². The molecule has 1 unspecified atom stereocenters. The second kappa shape index (κ2) is 13.0. The number of methoxy groups -OCH3 is 2. The fourth-order valence-corrected chi connectivity index (χ4v) is 4.04. The number of likely N-dealkylation sites (tertiary alicyclic amines) is 1. The molecule has 0 bridgehead atoms. The summed E-state index contributed by atoms with van der Waals surface area (Å²) in [5, 5.41) is 6.97. The molecule has 0 amide bonds. The van der Waals surface area contributed by atoms with Crippen molar-refractivity contribution >= 4 is 29.9 Å². The number of piperidine rings is 1. The van der Waals surface area contributed by atoms with Crippen LogP contribution < -0.4 is 20.1 Å². The second-order valence-corrected chi connectivity index (χ2v) is 8.40. The third-order valence-corrected chi connectivity index (χ3v) is 6.18. The van der Waals surface area contributed by atoms with Crippen LogP contribution in [0, 0.1) is 19.8 Å². The summed E-state index contributed by atoms with van der Waals surface area (Å²) in [5.41, 5.74) is 2.01. The van der Waals surface area contributed by atoms with E-state index in [2.05, 4.69) is 32.4 Å². The SMILES string of the molecule is CN=C(NCC1CCN(Cc2nc(C)c(C)o2)CC1)NC(C)c1cc(OC)ccc1OC.I. The first-order valence-electron chi connectivity index (χ1n) is 11.3. The molecule has 2 N–H and O–H groups in total. The maximum Gasteiger partial charge on any atom is 0.208 e. The molecule has 2 aromatic rings. The number of hydrogen-bond donors (Lipinski definition) is 2. The Morgan fingerprint density at radius 2 is 1.97 bits per heavy atom. The van der Waals surface area contributed by atoms with E-state index in [9.17, 15) is 0 Å². The number of nitrogens with zero attached hydrogens (tertiary/aromatic N) is 3. The van der Waals surface area contributed by atoms with Crippen LogP contribution in [0.2, 0.25) is 0 Å². The number of nitrogens with one attached hydrogen (secondary N) is 2. The van der Waals surface area contributed by atoms with Gasteiger partial charge in [0.05, 0.1) is 32.5 Å². The molecule has 1 aromatic heterocycles. The second-order valence-electron chi connectivity index (χ2n) is 8.40. The lowest BCUT2D eigenvalue weighted by Gasteiger charge is -2.31. The number of rotatable bonds is 8. The summed E-state index contributed by atoms with van der Waals surface area (Å²) in [6, 6.07) is 5.84. The van der Waals surface area contributed by atoms with Crippen molar-refractivity contribution in [3.05, 3.63) is 41.1 Å². The number of guanidine groups is 1. The summed E-state index contributed by atoms with van der Waals surface area (Å²) in [5.74, 6) is 4.77. The van der Waals surface area contributed by atoms with Crippen LogP contribution in [-0.2, 0) is 6.54 Å². The zero-order valence-electron chi connectivity index (χ0n) is 20.6. The van der Waals surface area contributed by atoms with Crippen molar-refractivity contribution in [1.82, 2.24) is 20.5 Å². The Morgan fingerprint density at radius 3 is 2.55 bits per heavy atom. The molecule has 9 heteroatoms. The molecule has 1 atom stereocenters. The lowest BCUT2D eigenvalue weighted by molar-refractivity contribution is 0.164. The Morgan fingerprint density at radius 1 is 1.24 bits per heavy atom. The Balaban J connectivity index is 0.00000385. The fraction of sp³-hybridized carbons (Fsp3) is 0.583. The van der Waals surface area contributed by atoms with Gasteiger partial charge in [-0.05, 0) is 70.8 Å². The van der Waals surface area contributed by atoms with Crippen molar-refractivity contribution in [3.63, 3.8) is 0 Å². The Kier molecular flexibility index (Phi) is 10.7. The van der Waals surface area contributed by atoms with E-state index in [-0.39, 0.29) is 30.0 Å². The van der Waals surface area contributed by atoms with Crippen molar-refractivity contribution in [2.75, 3.05) is 40.9 Å². The van der Waals surface area contributed by atoms with Gasteiger partial charge in [-0.2, -0.15) is 0 Å². The Hall–Kier alpha value is -2.01. The predicted octanol–water partition coefficient (Wildman–Crippen LogP) is 4.06. The molecule has 1 aromatic carbocycles. The predicted molar refractivity (Wildman–Crippen MR) is 142 cm³/mol. The average Bonchev–Trinajstić information content (AvgIpc) is 3.13. The summed E-state index contributed by atoms with van der Waals surface area (Å²) >= 11 is 0. The van der Waals surface area contributed by atoms with Crippen molar-refractivity contribution in [1.29, 1.82) is 0 Å². The molecule has 0 radical (unpaired) electrons. The van der Waals surface area contributed by atoms with Crippen LogP contribution >= 0.6 is 24.0 Å². The zero-order chi connectivity index (χ0) is 23.1. The van der Waals surface area contributed by atoms with Gasteiger partial charge in [-0.25, -0.2) is 4.98 Å². The average molecular weight is 572 g/mol. The van der Waals surface area contributed by atoms with Gasteiger partial charge in [-0.3, -0.25) is 9.89 Å². The first-order valence-corrected chi connectivity index (χ1v) is 11.3. The molecule has 1 saturated heterocycles. The van der Waals surface area contributed by atoms with E-state index < -0.39 is 0 Å². The highest BCUT2D eigenvalue weighted by Gasteiger charge is 2.22. The van der Waals surface area contributed by atoms with Gasteiger partial charge in [0.2, 0.25) is 5.89 Å².